The van der Waals surface area contributed by atoms with Crippen LogP contribution in [0.3, 0.4) is 0 Å². The number of nitriles is 1. The van der Waals surface area contributed by atoms with Gasteiger partial charge in [-0.3, -0.25) is 0 Å². The molecule has 2 heterocycles. The van der Waals surface area contributed by atoms with E-state index in [1.807, 2.05) is 0 Å². The number of nitrogens with zero attached hydrogens (tertiary/aromatic N) is 3. The van der Waals surface area contributed by atoms with Crippen LogP contribution < -0.4 is 4.90 Å². The van der Waals surface area contributed by atoms with Gasteiger partial charge in [0.1, 0.15) is 10.9 Å². The summed E-state index contributed by atoms with van der Waals surface area (Å²) in [5, 5.41) is 10.3. The smallest absolute Gasteiger partial charge is 0.186 e. The van der Waals surface area contributed by atoms with Crippen molar-refractivity contribution in [2.24, 2.45) is 0 Å². The molecule has 1 saturated heterocycles. The molecule has 1 aromatic heterocycles. The first-order chi connectivity index (χ1) is 8.52. The molecule has 18 heavy (non-hydrogen) atoms. The van der Waals surface area contributed by atoms with Crippen molar-refractivity contribution in [1.29, 1.82) is 5.26 Å². The minimum Gasteiger partial charge on any atom is -0.348 e. The molecule has 0 amide bonds. The van der Waals surface area contributed by atoms with Gasteiger partial charge >= 0.3 is 0 Å². The molecule has 3 nitrogen and oxygen atoms in total. The first-order valence-corrected chi connectivity index (χ1v) is 7.50. The van der Waals surface area contributed by atoms with E-state index in [-0.39, 0.29) is 5.41 Å². The fraction of sp³-hybridized carbons (Fsp3) is 0.714. The summed E-state index contributed by atoms with van der Waals surface area (Å²) in [6, 6.07) is 2.31. The highest BCUT2D eigenvalue weighted by atomic mass is 32.1. The first-order valence-electron chi connectivity index (χ1n) is 6.69. The number of hydrogen-bond acceptors (Lipinski definition) is 4. The Morgan fingerprint density at radius 2 is 1.78 bits per heavy atom. The number of rotatable bonds is 1. The van der Waals surface area contributed by atoms with Gasteiger partial charge in [-0.05, 0) is 12.8 Å². The molecule has 0 unspecified atom stereocenters. The third-order valence-electron chi connectivity index (χ3n) is 3.30. The molecule has 0 N–H and O–H groups in total. The van der Waals surface area contributed by atoms with Crippen molar-refractivity contribution in [2.45, 2.75) is 51.9 Å². The largest absolute Gasteiger partial charge is 0.348 e. The van der Waals surface area contributed by atoms with Crippen LogP contribution >= 0.6 is 11.3 Å². The molecule has 0 saturated carbocycles. The van der Waals surface area contributed by atoms with E-state index >= 15 is 0 Å². The summed E-state index contributed by atoms with van der Waals surface area (Å²) in [6.45, 7) is 8.53. The maximum atomic E-state index is 9.25. The van der Waals surface area contributed by atoms with Crippen molar-refractivity contribution in [1.82, 2.24) is 4.98 Å². The predicted octanol–water partition coefficient (Wildman–Crippen LogP) is 3.69. The second-order valence-corrected chi connectivity index (χ2v) is 6.91. The number of anilines is 1. The average Bonchev–Trinajstić information content (AvgIpc) is 2.57. The average molecular weight is 263 g/mol. The van der Waals surface area contributed by atoms with Crippen molar-refractivity contribution in [3.63, 3.8) is 0 Å². The molecule has 0 spiro atoms. The van der Waals surface area contributed by atoms with Crippen molar-refractivity contribution in [3.05, 3.63) is 10.6 Å². The minimum absolute atomic E-state index is 0.0499. The summed E-state index contributed by atoms with van der Waals surface area (Å²) in [4.78, 5) is 7.87. The second-order valence-electron chi connectivity index (χ2n) is 5.94. The molecular formula is C14H21N3S. The quantitative estimate of drug-likeness (QED) is 0.775. The van der Waals surface area contributed by atoms with Crippen LogP contribution in [0.25, 0.3) is 0 Å². The molecule has 1 aliphatic rings. The van der Waals surface area contributed by atoms with Gasteiger partial charge in [0.2, 0.25) is 0 Å². The SMILES string of the molecule is CC(C)(C)c1nc(N2CCCCCC2)sc1C#N. The van der Waals surface area contributed by atoms with Gasteiger partial charge < -0.3 is 4.90 Å². The highest BCUT2D eigenvalue weighted by Crippen LogP contribution is 2.34. The van der Waals surface area contributed by atoms with Crippen LogP contribution in [0.15, 0.2) is 0 Å². The maximum Gasteiger partial charge on any atom is 0.186 e. The summed E-state index contributed by atoms with van der Waals surface area (Å²) in [5.41, 5.74) is 0.903. The van der Waals surface area contributed by atoms with Crippen LogP contribution in [0.5, 0.6) is 0 Å². The number of thiazole rings is 1. The normalized spacial score (nSPS) is 17.3. The lowest BCUT2D eigenvalue weighted by molar-refractivity contribution is 0.570. The Balaban J connectivity index is 2.29. The lowest BCUT2D eigenvalue weighted by Crippen LogP contribution is -2.24. The molecule has 1 fully saturated rings. The lowest BCUT2D eigenvalue weighted by Gasteiger charge is -2.19. The van der Waals surface area contributed by atoms with Crippen LogP contribution in [-0.2, 0) is 5.41 Å². The predicted molar refractivity (Wildman–Crippen MR) is 76.2 cm³/mol. The summed E-state index contributed by atoms with van der Waals surface area (Å²) < 4.78 is 0. The summed E-state index contributed by atoms with van der Waals surface area (Å²) in [5.74, 6) is 0. The van der Waals surface area contributed by atoms with Crippen LogP contribution in [0.2, 0.25) is 0 Å². The van der Waals surface area contributed by atoms with E-state index in [0.717, 1.165) is 28.8 Å². The van der Waals surface area contributed by atoms with Crippen molar-refractivity contribution in [3.8, 4) is 6.07 Å². The third kappa shape index (κ3) is 2.84. The van der Waals surface area contributed by atoms with E-state index < -0.39 is 0 Å². The molecule has 1 aliphatic heterocycles. The molecule has 0 aromatic carbocycles. The molecule has 0 aliphatic carbocycles. The topological polar surface area (TPSA) is 39.9 Å². The molecule has 0 bridgehead atoms. The summed E-state index contributed by atoms with van der Waals surface area (Å²) in [7, 11) is 0. The summed E-state index contributed by atoms with van der Waals surface area (Å²) >= 11 is 1.56. The Kier molecular flexibility index (Phi) is 3.91. The van der Waals surface area contributed by atoms with Gasteiger partial charge in [-0.1, -0.05) is 44.9 Å². The second kappa shape index (κ2) is 5.27. The Bertz CT molecular complexity index is 443. The molecule has 2 rings (SSSR count). The van der Waals surface area contributed by atoms with Crippen LogP contribution in [0.1, 0.15) is 57.0 Å². The van der Waals surface area contributed by atoms with E-state index in [1.54, 1.807) is 11.3 Å². The molecule has 1 aromatic rings. The van der Waals surface area contributed by atoms with Crippen LogP contribution in [-0.4, -0.2) is 18.1 Å². The van der Waals surface area contributed by atoms with Gasteiger partial charge in [-0.15, -0.1) is 0 Å². The first kappa shape index (κ1) is 13.4. The molecule has 4 heteroatoms. The fourth-order valence-electron chi connectivity index (χ4n) is 2.29. The van der Waals surface area contributed by atoms with E-state index in [1.165, 1.54) is 25.7 Å². The minimum atomic E-state index is -0.0499. The maximum absolute atomic E-state index is 9.25. The van der Waals surface area contributed by atoms with Gasteiger partial charge in [-0.25, -0.2) is 4.98 Å². The zero-order chi connectivity index (χ0) is 13.2. The van der Waals surface area contributed by atoms with Crippen molar-refractivity contribution < 1.29 is 0 Å². The van der Waals surface area contributed by atoms with Crippen molar-refractivity contribution in [2.75, 3.05) is 18.0 Å². The van der Waals surface area contributed by atoms with Gasteiger partial charge in [-0.2, -0.15) is 5.26 Å². The van der Waals surface area contributed by atoms with E-state index in [9.17, 15) is 5.26 Å². The monoisotopic (exact) mass is 263 g/mol. The third-order valence-corrected chi connectivity index (χ3v) is 4.33. The molecule has 98 valence electrons. The van der Waals surface area contributed by atoms with Crippen molar-refractivity contribution >= 4 is 16.5 Å². The summed E-state index contributed by atoms with van der Waals surface area (Å²) in [6.07, 6.45) is 5.12. The highest BCUT2D eigenvalue weighted by Gasteiger charge is 2.25. The van der Waals surface area contributed by atoms with E-state index in [0.29, 0.717) is 0 Å². The van der Waals surface area contributed by atoms with Gasteiger partial charge in [0.05, 0.1) is 5.69 Å². The Labute approximate surface area is 113 Å². The van der Waals surface area contributed by atoms with Crippen LogP contribution in [0.4, 0.5) is 5.13 Å². The molecular weight excluding hydrogens is 242 g/mol. The van der Waals surface area contributed by atoms with E-state index in [4.69, 9.17) is 4.98 Å². The zero-order valence-electron chi connectivity index (χ0n) is 11.5. The lowest BCUT2D eigenvalue weighted by atomic mass is 9.91. The number of hydrogen-bond donors (Lipinski definition) is 0. The Morgan fingerprint density at radius 1 is 1.17 bits per heavy atom. The van der Waals surface area contributed by atoms with Crippen LogP contribution in [0, 0.1) is 11.3 Å². The highest BCUT2D eigenvalue weighted by molar-refractivity contribution is 7.16. The Morgan fingerprint density at radius 3 is 2.22 bits per heavy atom. The number of aromatic nitrogens is 1. The van der Waals surface area contributed by atoms with Gasteiger partial charge in [0.15, 0.2) is 5.13 Å². The molecule has 0 atom stereocenters. The van der Waals surface area contributed by atoms with Gasteiger partial charge in [0.25, 0.3) is 0 Å². The fourth-order valence-corrected chi connectivity index (χ4v) is 3.42. The zero-order valence-corrected chi connectivity index (χ0v) is 12.3. The Hall–Kier alpha value is -1.08. The molecule has 0 radical (unpaired) electrons. The van der Waals surface area contributed by atoms with Gasteiger partial charge in [0, 0.05) is 18.5 Å². The van der Waals surface area contributed by atoms with E-state index in [2.05, 4.69) is 31.7 Å². The standard InChI is InChI=1S/C14H21N3S/c1-14(2,3)12-11(10-15)18-13(16-12)17-8-6-4-5-7-9-17/h4-9H2,1-3H3.